The van der Waals surface area contributed by atoms with Gasteiger partial charge in [0, 0.05) is 23.9 Å². The number of nitrogens with zero attached hydrogens (tertiary/aromatic N) is 2. The number of aliphatic carboxylic acids is 1. The van der Waals surface area contributed by atoms with Crippen molar-refractivity contribution in [3.05, 3.63) is 58.0 Å². The lowest BCUT2D eigenvalue weighted by molar-refractivity contribution is -0.383. The van der Waals surface area contributed by atoms with E-state index in [2.05, 4.69) is 4.98 Å². The Morgan fingerprint density at radius 1 is 1.48 bits per heavy atom. The first-order chi connectivity index (χ1) is 10.8. The van der Waals surface area contributed by atoms with Gasteiger partial charge >= 0.3 is 5.97 Å². The molecule has 0 bridgehead atoms. The number of carbonyl (C=O) groups is 1. The van der Waals surface area contributed by atoms with Crippen LogP contribution in [-0.2, 0) is 4.79 Å². The third kappa shape index (κ3) is 3.31. The van der Waals surface area contributed by atoms with E-state index in [1.807, 2.05) is 0 Å². The summed E-state index contributed by atoms with van der Waals surface area (Å²) in [5.74, 6) is -1.89. The molecule has 0 aliphatic heterocycles. The first-order valence-electron chi connectivity index (χ1n) is 6.41. The molecule has 7 nitrogen and oxygen atoms in total. The summed E-state index contributed by atoms with van der Waals surface area (Å²) < 4.78 is 13.9. The average Bonchev–Trinajstić information content (AvgIpc) is 2.47. The normalized spacial score (nSPS) is 11.3. The number of carboxylic acids is 1. The molecule has 1 aromatic carbocycles. The summed E-state index contributed by atoms with van der Waals surface area (Å²) in [7, 11) is 0. The molecule has 0 saturated carbocycles. The highest BCUT2D eigenvalue weighted by atomic mass is 19.1. The van der Waals surface area contributed by atoms with E-state index in [1.54, 1.807) is 0 Å². The fraction of sp³-hybridized carbons (Fsp3) is 0.0667. The SMILES string of the molecule is C/C(=C\C(=O)O)c1cc(-c2ncccc2F)c(N)c([N+](=O)[O-])c1. The first-order valence-corrected chi connectivity index (χ1v) is 6.41. The molecular formula is C15H12FN3O4. The van der Waals surface area contributed by atoms with Crippen LogP contribution >= 0.6 is 0 Å². The molecule has 8 heteroatoms. The van der Waals surface area contributed by atoms with Gasteiger partial charge in [0.2, 0.25) is 0 Å². The van der Waals surface area contributed by atoms with E-state index >= 15 is 0 Å². The third-order valence-corrected chi connectivity index (χ3v) is 3.16. The molecule has 118 valence electrons. The lowest BCUT2D eigenvalue weighted by Crippen LogP contribution is -2.02. The summed E-state index contributed by atoms with van der Waals surface area (Å²) in [6.45, 7) is 1.47. The van der Waals surface area contributed by atoms with Gasteiger partial charge in [-0.3, -0.25) is 15.1 Å². The number of benzene rings is 1. The van der Waals surface area contributed by atoms with Crippen molar-refractivity contribution in [1.82, 2.24) is 4.98 Å². The van der Waals surface area contributed by atoms with Gasteiger partial charge in [0.15, 0.2) is 0 Å². The van der Waals surface area contributed by atoms with Crippen LogP contribution in [0.4, 0.5) is 15.8 Å². The van der Waals surface area contributed by atoms with Crippen molar-refractivity contribution in [3.63, 3.8) is 0 Å². The molecule has 3 N–H and O–H groups in total. The smallest absolute Gasteiger partial charge is 0.328 e. The van der Waals surface area contributed by atoms with Gasteiger partial charge in [-0.1, -0.05) is 0 Å². The second-order valence-electron chi connectivity index (χ2n) is 4.71. The van der Waals surface area contributed by atoms with Gasteiger partial charge in [0.1, 0.15) is 17.2 Å². The summed E-state index contributed by atoms with van der Waals surface area (Å²) in [6.07, 6.45) is 2.23. The highest BCUT2D eigenvalue weighted by Crippen LogP contribution is 2.36. The summed E-state index contributed by atoms with van der Waals surface area (Å²) in [4.78, 5) is 25.1. The maximum absolute atomic E-state index is 13.9. The number of allylic oxidation sites excluding steroid dienone is 1. The number of hydrogen-bond acceptors (Lipinski definition) is 5. The lowest BCUT2D eigenvalue weighted by Gasteiger charge is -2.10. The van der Waals surface area contributed by atoms with Gasteiger partial charge < -0.3 is 10.8 Å². The summed E-state index contributed by atoms with van der Waals surface area (Å²) in [6, 6.07) is 5.06. The summed E-state index contributed by atoms with van der Waals surface area (Å²) in [5, 5.41) is 20.0. The first kappa shape index (κ1) is 16.1. The van der Waals surface area contributed by atoms with Gasteiger partial charge in [-0.05, 0) is 36.3 Å². The zero-order valence-electron chi connectivity index (χ0n) is 12.0. The minimum absolute atomic E-state index is 0.0328. The van der Waals surface area contributed by atoms with E-state index in [0.29, 0.717) is 0 Å². The monoisotopic (exact) mass is 317 g/mol. The Hall–Kier alpha value is -3.29. The molecule has 0 fully saturated rings. The number of anilines is 1. The molecule has 23 heavy (non-hydrogen) atoms. The van der Waals surface area contributed by atoms with Crippen LogP contribution in [0.2, 0.25) is 0 Å². The zero-order chi connectivity index (χ0) is 17.1. The molecular weight excluding hydrogens is 305 g/mol. The molecule has 1 heterocycles. The fourth-order valence-corrected chi connectivity index (χ4v) is 2.07. The number of rotatable bonds is 4. The van der Waals surface area contributed by atoms with E-state index in [4.69, 9.17) is 10.8 Å². The van der Waals surface area contributed by atoms with Crippen LogP contribution < -0.4 is 5.73 Å². The molecule has 2 aromatic rings. The van der Waals surface area contributed by atoms with E-state index in [0.717, 1.165) is 18.2 Å². The lowest BCUT2D eigenvalue weighted by atomic mass is 9.99. The third-order valence-electron chi connectivity index (χ3n) is 3.16. The maximum atomic E-state index is 13.9. The van der Waals surface area contributed by atoms with Gasteiger partial charge in [0.25, 0.3) is 5.69 Å². The van der Waals surface area contributed by atoms with Gasteiger partial charge in [-0.15, -0.1) is 0 Å². The van der Waals surface area contributed by atoms with Crippen LogP contribution in [0.25, 0.3) is 16.8 Å². The molecule has 0 spiro atoms. The van der Waals surface area contributed by atoms with E-state index in [1.165, 1.54) is 25.3 Å². The standard InChI is InChI=1S/C15H12FN3O4/c1-8(5-13(20)21)9-6-10(14(17)12(7-9)19(22)23)15-11(16)3-2-4-18-15/h2-7H,17H2,1H3,(H,20,21)/b8-5+. The van der Waals surface area contributed by atoms with Gasteiger partial charge in [-0.2, -0.15) is 0 Å². The molecule has 0 radical (unpaired) electrons. The van der Waals surface area contributed by atoms with Crippen molar-refractivity contribution in [2.45, 2.75) is 6.92 Å². The highest BCUT2D eigenvalue weighted by Gasteiger charge is 2.21. The number of halogens is 1. The quantitative estimate of drug-likeness (QED) is 0.387. The van der Waals surface area contributed by atoms with Crippen LogP contribution in [0, 0.1) is 15.9 Å². The number of pyridine rings is 1. The number of nitrogens with two attached hydrogens (primary N) is 1. The van der Waals surface area contributed by atoms with Crippen LogP contribution in [0.15, 0.2) is 36.5 Å². The highest BCUT2D eigenvalue weighted by molar-refractivity contribution is 5.92. The molecule has 0 atom stereocenters. The zero-order valence-corrected chi connectivity index (χ0v) is 12.0. The number of carboxylic acid groups (broad SMARTS) is 1. The van der Waals surface area contributed by atoms with Crippen molar-refractivity contribution >= 4 is 22.9 Å². The van der Waals surface area contributed by atoms with E-state index in [-0.39, 0.29) is 28.1 Å². The van der Waals surface area contributed by atoms with Crippen molar-refractivity contribution in [2.24, 2.45) is 0 Å². The largest absolute Gasteiger partial charge is 0.478 e. The molecule has 0 aliphatic carbocycles. The van der Waals surface area contributed by atoms with Crippen molar-refractivity contribution in [3.8, 4) is 11.3 Å². The summed E-state index contributed by atoms with van der Waals surface area (Å²) in [5.41, 5.74) is 5.49. The van der Waals surface area contributed by atoms with E-state index in [9.17, 15) is 19.3 Å². The van der Waals surface area contributed by atoms with Crippen LogP contribution in [0.3, 0.4) is 0 Å². The van der Waals surface area contributed by atoms with Crippen LogP contribution in [0.1, 0.15) is 12.5 Å². The Morgan fingerprint density at radius 2 is 2.17 bits per heavy atom. The predicted molar refractivity (Wildman–Crippen MR) is 82.0 cm³/mol. The van der Waals surface area contributed by atoms with Crippen molar-refractivity contribution in [2.75, 3.05) is 5.73 Å². The number of nitrogen functional groups attached to an aromatic ring is 1. The Labute approximate surface area is 130 Å². The van der Waals surface area contributed by atoms with Crippen LogP contribution in [0.5, 0.6) is 0 Å². The van der Waals surface area contributed by atoms with Crippen LogP contribution in [-0.4, -0.2) is 21.0 Å². The topological polar surface area (TPSA) is 119 Å². The molecule has 1 aromatic heterocycles. The minimum Gasteiger partial charge on any atom is -0.478 e. The predicted octanol–water partition coefficient (Wildman–Crippen LogP) is 2.87. The van der Waals surface area contributed by atoms with Crippen molar-refractivity contribution < 1.29 is 19.2 Å². The number of aromatic nitrogens is 1. The summed E-state index contributed by atoms with van der Waals surface area (Å²) >= 11 is 0. The van der Waals surface area contributed by atoms with Gasteiger partial charge in [-0.25, -0.2) is 9.18 Å². The average molecular weight is 317 g/mol. The second-order valence-corrected chi connectivity index (χ2v) is 4.71. The molecule has 0 amide bonds. The van der Waals surface area contributed by atoms with Crippen molar-refractivity contribution in [1.29, 1.82) is 0 Å². The Balaban J connectivity index is 2.77. The fourth-order valence-electron chi connectivity index (χ4n) is 2.07. The number of hydrogen-bond donors (Lipinski definition) is 2. The van der Waals surface area contributed by atoms with Gasteiger partial charge in [0.05, 0.1) is 4.92 Å². The minimum atomic E-state index is -1.20. The molecule has 2 rings (SSSR count). The molecule has 0 aliphatic rings. The second kappa shape index (κ2) is 6.22. The number of nitro benzene ring substituents is 1. The maximum Gasteiger partial charge on any atom is 0.328 e. The Bertz CT molecular complexity index is 833. The Morgan fingerprint density at radius 3 is 2.74 bits per heavy atom. The number of nitro groups is 1. The Kier molecular flexibility index (Phi) is 4.35. The molecule has 0 saturated heterocycles. The molecule has 0 unspecified atom stereocenters. The van der Waals surface area contributed by atoms with E-state index < -0.39 is 22.4 Å².